The summed E-state index contributed by atoms with van der Waals surface area (Å²) >= 11 is 0. The number of hydrogen-bond acceptors (Lipinski definition) is 4. The number of ether oxygens (including phenoxy) is 3. The fraction of sp³-hybridized carbons (Fsp3) is 0.250. The van der Waals surface area contributed by atoms with E-state index in [-0.39, 0.29) is 6.04 Å². The molecule has 0 fully saturated rings. The molecular weight excluding hydrogens is 350 g/mol. The van der Waals surface area contributed by atoms with Gasteiger partial charge in [0.05, 0.1) is 14.2 Å². The molecule has 3 rings (SSSR count). The lowest BCUT2D eigenvalue weighted by molar-refractivity contribution is 0.306. The van der Waals surface area contributed by atoms with Gasteiger partial charge < -0.3 is 19.5 Å². The predicted octanol–water partition coefficient (Wildman–Crippen LogP) is 5.13. The zero-order valence-corrected chi connectivity index (χ0v) is 16.6. The van der Waals surface area contributed by atoms with Gasteiger partial charge in [0.25, 0.3) is 0 Å². The topological polar surface area (TPSA) is 39.7 Å². The van der Waals surface area contributed by atoms with Gasteiger partial charge in [-0.2, -0.15) is 0 Å². The average molecular weight is 377 g/mol. The summed E-state index contributed by atoms with van der Waals surface area (Å²) < 4.78 is 16.6. The van der Waals surface area contributed by atoms with Gasteiger partial charge in [0.15, 0.2) is 11.5 Å². The first-order valence-electron chi connectivity index (χ1n) is 9.40. The van der Waals surface area contributed by atoms with Crippen LogP contribution in [0.25, 0.3) is 0 Å². The van der Waals surface area contributed by atoms with Crippen molar-refractivity contribution in [2.24, 2.45) is 0 Å². The second kappa shape index (κ2) is 9.81. The molecule has 0 saturated carbocycles. The van der Waals surface area contributed by atoms with E-state index in [0.717, 1.165) is 34.9 Å². The van der Waals surface area contributed by atoms with E-state index >= 15 is 0 Å². The number of methoxy groups -OCH3 is 2. The van der Waals surface area contributed by atoms with Crippen molar-refractivity contribution in [1.29, 1.82) is 0 Å². The third kappa shape index (κ3) is 5.27. The second-order valence-corrected chi connectivity index (χ2v) is 6.64. The minimum absolute atomic E-state index is 0.175. The molecule has 0 aliphatic carbocycles. The Morgan fingerprint density at radius 2 is 1.54 bits per heavy atom. The largest absolute Gasteiger partial charge is 0.493 e. The molecule has 0 saturated heterocycles. The fourth-order valence-corrected chi connectivity index (χ4v) is 3.00. The zero-order valence-electron chi connectivity index (χ0n) is 16.6. The summed E-state index contributed by atoms with van der Waals surface area (Å²) in [7, 11) is 3.30. The third-order valence-corrected chi connectivity index (χ3v) is 4.67. The normalized spacial score (nSPS) is 11.7. The van der Waals surface area contributed by atoms with Crippen LogP contribution < -0.4 is 19.5 Å². The maximum absolute atomic E-state index is 5.92. The maximum atomic E-state index is 5.92. The van der Waals surface area contributed by atoms with Crippen molar-refractivity contribution in [1.82, 2.24) is 5.32 Å². The van der Waals surface area contributed by atoms with E-state index < -0.39 is 0 Å². The molecule has 28 heavy (non-hydrogen) atoms. The van der Waals surface area contributed by atoms with Crippen molar-refractivity contribution in [3.63, 3.8) is 0 Å². The van der Waals surface area contributed by atoms with Gasteiger partial charge in [-0.3, -0.25) is 0 Å². The van der Waals surface area contributed by atoms with Crippen LogP contribution in [0.15, 0.2) is 72.8 Å². The van der Waals surface area contributed by atoms with Crippen LogP contribution in [-0.4, -0.2) is 14.2 Å². The summed E-state index contributed by atoms with van der Waals surface area (Å²) in [5.74, 6) is 2.36. The van der Waals surface area contributed by atoms with Crippen molar-refractivity contribution in [3.8, 4) is 17.2 Å². The van der Waals surface area contributed by atoms with Gasteiger partial charge in [-0.25, -0.2) is 0 Å². The van der Waals surface area contributed by atoms with Crippen LogP contribution in [-0.2, 0) is 13.2 Å². The summed E-state index contributed by atoms with van der Waals surface area (Å²) in [5.41, 5.74) is 3.49. The Morgan fingerprint density at radius 1 is 0.786 bits per heavy atom. The molecule has 0 aliphatic rings. The van der Waals surface area contributed by atoms with E-state index in [9.17, 15) is 0 Å². The highest BCUT2D eigenvalue weighted by molar-refractivity contribution is 5.43. The molecule has 0 bridgehead atoms. The van der Waals surface area contributed by atoms with Crippen LogP contribution >= 0.6 is 0 Å². The monoisotopic (exact) mass is 377 g/mol. The van der Waals surface area contributed by atoms with Crippen molar-refractivity contribution < 1.29 is 14.2 Å². The highest BCUT2D eigenvalue weighted by Gasteiger charge is 2.10. The molecule has 146 valence electrons. The molecule has 4 nitrogen and oxygen atoms in total. The molecule has 4 heteroatoms. The molecule has 3 aromatic carbocycles. The van der Waals surface area contributed by atoms with Crippen molar-refractivity contribution in [3.05, 3.63) is 89.5 Å². The minimum Gasteiger partial charge on any atom is -0.493 e. The van der Waals surface area contributed by atoms with Crippen molar-refractivity contribution in [2.45, 2.75) is 26.1 Å². The summed E-state index contributed by atoms with van der Waals surface area (Å²) in [6.07, 6.45) is 0. The van der Waals surface area contributed by atoms with Gasteiger partial charge in [0.2, 0.25) is 0 Å². The van der Waals surface area contributed by atoms with Crippen LogP contribution in [0, 0.1) is 0 Å². The lowest BCUT2D eigenvalue weighted by atomic mass is 10.1. The third-order valence-electron chi connectivity index (χ3n) is 4.67. The molecule has 0 spiro atoms. The Bertz CT molecular complexity index is 880. The lowest BCUT2D eigenvalue weighted by Gasteiger charge is -2.17. The molecular formula is C24H27NO3. The second-order valence-electron chi connectivity index (χ2n) is 6.64. The van der Waals surface area contributed by atoms with Gasteiger partial charge in [0.1, 0.15) is 12.4 Å². The van der Waals surface area contributed by atoms with Crippen LogP contribution in [0.1, 0.15) is 29.7 Å². The highest BCUT2D eigenvalue weighted by Crippen LogP contribution is 2.30. The van der Waals surface area contributed by atoms with Gasteiger partial charge in [-0.1, -0.05) is 48.5 Å². The highest BCUT2D eigenvalue weighted by atomic mass is 16.5. The first-order chi connectivity index (χ1) is 13.7. The molecule has 0 amide bonds. The van der Waals surface area contributed by atoms with Crippen molar-refractivity contribution >= 4 is 0 Å². The van der Waals surface area contributed by atoms with Crippen LogP contribution in [0.2, 0.25) is 0 Å². The smallest absolute Gasteiger partial charge is 0.161 e. The average Bonchev–Trinajstić information content (AvgIpc) is 2.76. The Labute approximate surface area is 167 Å². The van der Waals surface area contributed by atoms with E-state index in [1.807, 2.05) is 42.5 Å². The Hall–Kier alpha value is -2.98. The summed E-state index contributed by atoms with van der Waals surface area (Å²) in [6, 6.07) is 24.6. The summed E-state index contributed by atoms with van der Waals surface area (Å²) in [5, 5.41) is 3.55. The molecule has 0 aliphatic heterocycles. The van der Waals surface area contributed by atoms with Crippen molar-refractivity contribution in [2.75, 3.05) is 14.2 Å². The summed E-state index contributed by atoms with van der Waals surface area (Å²) in [6.45, 7) is 3.45. The van der Waals surface area contributed by atoms with Gasteiger partial charge >= 0.3 is 0 Å². The van der Waals surface area contributed by atoms with E-state index in [2.05, 4.69) is 42.6 Å². The van der Waals surface area contributed by atoms with Gasteiger partial charge in [-0.15, -0.1) is 0 Å². The minimum atomic E-state index is 0.175. The number of nitrogens with one attached hydrogen (secondary N) is 1. The Kier molecular flexibility index (Phi) is 6.93. The molecule has 1 unspecified atom stereocenters. The zero-order chi connectivity index (χ0) is 19.8. The Morgan fingerprint density at radius 3 is 2.29 bits per heavy atom. The van der Waals surface area contributed by atoms with E-state index in [4.69, 9.17) is 14.2 Å². The van der Waals surface area contributed by atoms with Crippen LogP contribution in [0.3, 0.4) is 0 Å². The van der Waals surface area contributed by atoms with E-state index in [1.54, 1.807) is 14.2 Å². The SMILES string of the molecule is COc1ccc(C(C)NCc2cccc(OCc3ccccc3)c2)cc1OC. The lowest BCUT2D eigenvalue weighted by Crippen LogP contribution is -2.18. The quantitative estimate of drug-likeness (QED) is 0.561. The maximum Gasteiger partial charge on any atom is 0.161 e. The first kappa shape index (κ1) is 19.8. The van der Waals surface area contributed by atoms with E-state index in [1.165, 1.54) is 5.56 Å². The number of rotatable bonds is 9. The standard InChI is InChI=1S/C24H27NO3/c1-18(21-12-13-23(26-2)24(15-21)27-3)25-16-20-10-7-11-22(14-20)28-17-19-8-5-4-6-9-19/h4-15,18,25H,16-17H2,1-3H3. The molecule has 3 aromatic rings. The molecule has 1 N–H and O–H groups in total. The van der Waals surface area contributed by atoms with Crippen LogP contribution in [0.4, 0.5) is 0 Å². The first-order valence-corrected chi connectivity index (χ1v) is 9.40. The molecule has 1 atom stereocenters. The molecule has 0 aromatic heterocycles. The number of hydrogen-bond donors (Lipinski definition) is 1. The molecule has 0 heterocycles. The molecule has 0 radical (unpaired) electrons. The number of benzene rings is 3. The van der Waals surface area contributed by atoms with Crippen LogP contribution in [0.5, 0.6) is 17.2 Å². The van der Waals surface area contributed by atoms with Gasteiger partial charge in [0, 0.05) is 12.6 Å². The fourth-order valence-electron chi connectivity index (χ4n) is 3.00. The Balaban J connectivity index is 1.58. The predicted molar refractivity (Wildman–Crippen MR) is 112 cm³/mol. The summed E-state index contributed by atoms with van der Waals surface area (Å²) in [4.78, 5) is 0. The van der Waals surface area contributed by atoms with E-state index in [0.29, 0.717) is 6.61 Å². The van der Waals surface area contributed by atoms with Gasteiger partial charge in [-0.05, 0) is 47.9 Å².